The normalized spacial score (nSPS) is 14.1. The molecule has 1 aromatic rings. The zero-order chi connectivity index (χ0) is 10.1. The van der Waals surface area contributed by atoms with Crippen molar-refractivity contribution in [3.8, 4) is 0 Å². The first kappa shape index (κ1) is 10.6. The number of aryl methyl sites for hydroxylation is 1. The predicted molar refractivity (Wildman–Crippen MR) is 54.5 cm³/mol. The highest BCUT2D eigenvalue weighted by Crippen LogP contribution is 2.24. The molecule has 0 saturated heterocycles. The molecule has 0 aliphatic carbocycles. The lowest BCUT2D eigenvalue weighted by Gasteiger charge is -2.07. The summed E-state index contributed by atoms with van der Waals surface area (Å²) in [5, 5.41) is 0. The van der Waals surface area contributed by atoms with E-state index in [1.165, 1.54) is 0 Å². The Morgan fingerprint density at radius 2 is 1.77 bits per heavy atom. The Hall–Kier alpha value is -0.520. The Balaban J connectivity index is 3.04. The Labute approximate surface area is 82.9 Å². The summed E-state index contributed by atoms with van der Waals surface area (Å²) >= 11 is 3.80. The van der Waals surface area contributed by atoms with Gasteiger partial charge >= 0.3 is 0 Å². The average Bonchev–Trinajstić information content (AvgIpc) is 2.03. The Bertz CT molecular complexity index is 380. The second kappa shape index (κ2) is 3.69. The fourth-order valence-electron chi connectivity index (χ4n) is 0.903. The van der Waals surface area contributed by atoms with Gasteiger partial charge in [-0.2, -0.15) is 21.0 Å². The highest BCUT2D eigenvalue weighted by Gasteiger charge is 2.19. The summed E-state index contributed by atoms with van der Waals surface area (Å²) in [6.45, 7) is 1.89. The molecule has 0 heterocycles. The maximum atomic E-state index is 10.7. The van der Waals surface area contributed by atoms with Crippen LogP contribution in [-0.4, -0.2) is 13.0 Å². The molecular formula is C8H10O3S2. The van der Waals surface area contributed by atoms with Crippen LogP contribution in [0.3, 0.4) is 0 Å². The summed E-state index contributed by atoms with van der Waals surface area (Å²) in [5.41, 5.74) is 1.50. The van der Waals surface area contributed by atoms with Crippen LogP contribution in [0.2, 0.25) is 0 Å². The van der Waals surface area contributed by atoms with Gasteiger partial charge in [0.25, 0.3) is 10.1 Å². The van der Waals surface area contributed by atoms with Gasteiger partial charge in [-0.05, 0) is 12.5 Å². The second-order valence-corrected chi connectivity index (χ2v) is 5.15. The number of benzene rings is 1. The van der Waals surface area contributed by atoms with Crippen molar-refractivity contribution >= 4 is 22.7 Å². The molecule has 0 radical (unpaired) electrons. The van der Waals surface area contributed by atoms with Crippen molar-refractivity contribution in [2.24, 2.45) is 0 Å². The van der Waals surface area contributed by atoms with Gasteiger partial charge in [0.15, 0.2) is 4.58 Å². The molecule has 0 aliphatic rings. The first-order valence-corrected chi connectivity index (χ1v) is 5.64. The van der Waals surface area contributed by atoms with Gasteiger partial charge in [-0.1, -0.05) is 29.8 Å². The summed E-state index contributed by atoms with van der Waals surface area (Å²) < 4.78 is 28.9. The first-order valence-electron chi connectivity index (χ1n) is 3.62. The lowest BCUT2D eigenvalue weighted by Crippen LogP contribution is -2.05. The van der Waals surface area contributed by atoms with Crippen molar-refractivity contribution in [1.82, 2.24) is 0 Å². The van der Waals surface area contributed by atoms with Crippen molar-refractivity contribution in [2.75, 3.05) is 0 Å². The molecule has 0 aliphatic heterocycles. The maximum Gasteiger partial charge on any atom is 0.281 e. The molecular weight excluding hydrogens is 208 g/mol. The van der Waals surface area contributed by atoms with E-state index in [0.717, 1.165) is 5.56 Å². The summed E-state index contributed by atoms with van der Waals surface area (Å²) in [6, 6.07) is 6.79. The fourth-order valence-corrected chi connectivity index (χ4v) is 1.58. The van der Waals surface area contributed by atoms with E-state index in [2.05, 4.69) is 12.6 Å². The van der Waals surface area contributed by atoms with E-state index in [1.807, 2.05) is 6.92 Å². The molecule has 0 bridgehead atoms. The predicted octanol–water partition coefficient (Wildman–Crippen LogP) is 1.81. The quantitative estimate of drug-likeness (QED) is 0.588. The number of thiol groups is 1. The van der Waals surface area contributed by atoms with Gasteiger partial charge in [0, 0.05) is 0 Å². The number of rotatable bonds is 2. The number of hydrogen-bond donors (Lipinski definition) is 2. The lowest BCUT2D eigenvalue weighted by atomic mass is 10.2. The van der Waals surface area contributed by atoms with E-state index in [4.69, 9.17) is 4.55 Å². The summed E-state index contributed by atoms with van der Waals surface area (Å²) in [4.78, 5) is 0. The minimum Gasteiger partial charge on any atom is -0.284 e. The Morgan fingerprint density at radius 3 is 2.15 bits per heavy atom. The molecule has 72 valence electrons. The lowest BCUT2D eigenvalue weighted by molar-refractivity contribution is 0.481. The van der Waals surface area contributed by atoms with Crippen molar-refractivity contribution in [1.29, 1.82) is 0 Å². The first-order chi connectivity index (χ1) is 5.91. The van der Waals surface area contributed by atoms with Crippen molar-refractivity contribution in [3.63, 3.8) is 0 Å². The summed E-state index contributed by atoms with van der Waals surface area (Å²) in [7, 11) is -4.10. The molecule has 0 fully saturated rings. The molecule has 3 nitrogen and oxygen atoms in total. The standard InChI is InChI=1S/C8H10O3S2/c1-6-2-4-7(5-3-6)8(12)13(9,10)11/h2-5,8,12H,1H3,(H,9,10,11). The van der Waals surface area contributed by atoms with E-state index in [-0.39, 0.29) is 0 Å². The topological polar surface area (TPSA) is 54.4 Å². The van der Waals surface area contributed by atoms with Crippen molar-refractivity contribution < 1.29 is 13.0 Å². The van der Waals surface area contributed by atoms with Gasteiger partial charge in [-0.3, -0.25) is 4.55 Å². The molecule has 1 unspecified atom stereocenters. The number of hydrogen-bond acceptors (Lipinski definition) is 3. The van der Waals surface area contributed by atoms with Crippen LogP contribution < -0.4 is 0 Å². The molecule has 1 aromatic carbocycles. The van der Waals surface area contributed by atoms with Gasteiger partial charge in [0.05, 0.1) is 0 Å². The molecule has 1 atom stereocenters. The van der Waals surface area contributed by atoms with Crippen LogP contribution in [0.4, 0.5) is 0 Å². The zero-order valence-electron chi connectivity index (χ0n) is 7.01. The van der Waals surface area contributed by atoms with E-state index in [1.54, 1.807) is 24.3 Å². The van der Waals surface area contributed by atoms with Crippen LogP contribution >= 0.6 is 12.6 Å². The van der Waals surface area contributed by atoms with Crippen LogP contribution in [0.15, 0.2) is 24.3 Å². The minimum absolute atomic E-state index is 0.469. The minimum atomic E-state index is -4.10. The smallest absolute Gasteiger partial charge is 0.281 e. The van der Waals surface area contributed by atoms with Crippen LogP contribution in [0.5, 0.6) is 0 Å². The van der Waals surface area contributed by atoms with Crippen LogP contribution in [0.25, 0.3) is 0 Å². The third-order valence-corrected chi connectivity index (χ3v) is 3.58. The third-order valence-electron chi connectivity index (χ3n) is 1.64. The van der Waals surface area contributed by atoms with E-state index >= 15 is 0 Å². The molecule has 1 rings (SSSR count). The Morgan fingerprint density at radius 1 is 1.31 bits per heavy atom. The monoisotopic (exact) mass is 218 g/mol. The maximum absolute atomic E-state index is 10.7. The van der Waals surface area contributed by atoms with E-state index < -0.39 is 14.7 Å². The van der Waals surface area contributed by atoms with E-state index in [9.17, 15) is 8.42 Å². The van der Waals surface area contributed by atoms with Gasteiger partial charge in [0.2, 0.25) is 0 Å². The van der Waals surface area contributed by atoms with Gasteiger partial charge < -0.3 is 0 Å². The van der Waals surface area contributed by atoms with Crippen LogP contribution in [-0.2, 0) is 10.1 Å². The van der Waals surface area contributed by atoms with E-state index in [0.29, 0.717) is 5.56 Å². The summed E-state index contributed by atoms with van der Waals surface area (Å²) in [6.07, 6.45) is 0. The fraction of sp³-hybridized carbons (Fsp3) is 0.250. The molecule has 0 amide bonds. The van der Waals surface area contributed by atoms with Crippen LogP contribution in [0, 0.1) is 6.92 Å². The SMILES string of the molecule is Cc1ccc(C(S)S(=O)(=O)O)cc1. The van der Waals surface area contributed by atoms with Crippen molar-refractivity contribution in [2.45, 2.75) is 11.5 Å². The molecule has 0 aromatic heterocycles. The van der Waals surface area contributed by atoms with Gasteiger partial charge in [-0.25, -0.2) is 0 Å². The average molecular weight is 218 g/mol. The molecule has 5 heteroatoms. The molecule has 13 heavy (non-hydrogen) atoms. The van der Waals surface area contributed by atoms with Crippen molar-refractivity contribution in [3.05, 3.63) is 35.4 Å². The molecule has 0 saturated carbocycles. The van der Waals surface area contributed by atoms with Gasteiger partial charge in [-0.15, -0.1) is 0 Å². The van der Waals surface area contributed by atoms with Crippen LogP contribution in [0.1, 0.15) is 15.7 Å². The molecule has 0 spiro atoms. The summed E-state index contributed by atoms with van der Waals surface area (Å²) in [5.74, 6) is 0. The zero-order valence-corrected chi connectivity index (χ0v) is 8.72. The Kier molecular flexibility index (Phi) is 3.00. The third kappa shape index (κ3) is 2.72. The second-order valence-electron chi connectivity index (χ2n) is 2.78. The largest absolute Gasteiger partial charge is 0.284 e. The molecule has 1 N–H and O–H groups in total. The van der Waals surface area contributed by atoms with Gasteiger partial charge in [0.1, 0.15) is 0 Å². The highest BCUT2D eigenvalue weighted by atomic mass is 32.3. The highest BCUT2D eigenvalue weighted by molar-refractivity contribution is 8.01.